The lowest BCUT2D eigenvalue weighted by Crippen LogP contribution is -2.82. The molecular weight excluding hydrogens is 634 g/mol. The molecular formula is C36H51N3O10. The van der Waals surface area contributed by atoms with Crippen LogP contribution in [0, 0.1) is 34.5 Å². The number of hydrogen-bond donors (Lipinski definition) is 4. The van der Waals surface area contributed by atoms with Gasteiger partial charge in [0.2, 0.25) is 11.8 Å². The topological polar surface area (TPSA) is 179 Å². The second kappa shape index (κ2) is 12.2. The highest BCUT2D eigenvalue weighted by molar-refractivity contribution is 6.01. The Bertz CT molecular complexity index is 1490. The molecule has 1 heterocycles. The minimum absolute atomic E-state index is 0.0424. The molecule has 1 aliphatic heterocycles. The molecule has 49 heavy (non-hydrogen) atoms. The van der Waals surface area contributed by atoms with Crippen LogP contribution in [0.3, 0.4) is 0 Å². The maximum absolute atomic E-state index is 13.9. The molecule has 6 fully saturated rings. The number of methoxy groups -OCH3 is 4. The average molecular weight is 686 g/mol. The van der Waals surface area contributed by atoms with Gasteiger partial charge in [0.15, 0.2) is 0 Å². The summed E-state index contributed by atoms with van der Waals surface area (Å²) in [6, 6.07) is 6.14. The molecule has 1 spiro atoms. The van der Waals surface area contributed by atoms with Gasteiger partial charge < -0.3 is 44.9 Å². The highest BCUT2D eigenvalue weighted by Gasteiger charge is 2.91. The number of nitrogens with zero attached hydrogens (tertiary/aromatic N) is 1. The fraction of sp³-hybridized carbons (Fsp3) is 0.750. The van der Waals surface area contributed by atoms with Crippen molar-refractivity contribution in [3.63, 3.8) is 0 Å². The summed E-state index contributed by atoms with van der Waals surface area (Å²) in [5.41, 5.74) is 1.14. The lowest BCUT2D eigenvalue weighted by molar-refractivity contribution is -0.320. The lowest BCUT2D eigenvalue weighted by atomic mass is 9.42. The van der Waals surface area contributed by atoms with Crippen molar-refractivity contribution < 1.29 is 48.3 Å². The zero-order valence-corrected chi connectivity index (χ0v) is 29.1. The van der Waals surface area contributed by atoms with Gasteiger partial charge in [-0.15, -0.1) is 0 Å². The predicted octanol–water partition coefficient (Wildman–Crippen LogP) is 1.34. The van der Waals surface area contributed by atoms with E-state index >= 15 is 0 Å². The number of amides is 2. The first-order valence-corrected chi connectivity index (χ1v) is 17.6. The molecule has 6 aliphatic rings. The number of esters is 1. The van der Waals surface area contributed by atoms with Crippen LogP contribution >= 0.6 is 0 Å². The second-order valence-electron chi connectivity index (χ2n) is 15.3. The van der Waals surface area contributed by atoms with Crippen LogP contribution < -0.4 is 11.1 Å². The van der Waals surface area contributed by atoms with E-state index in [9.17, 15) is 24.6 Å². The van der Waals surface area contributed by atoms with Gasteiger partial charge in [0.1, 0.15) is 11.2 Å². The summed E-state index contributed by atoms with van der Waals surface area (Å²) in [5.74, 6) is -2.33. The number of nitrogens with one attached hydrogen (secondary N) is 1. The third-order valence-electron chi connectivity index (χ3n) is 13.8. The first-order chi connectivity index (χ1) is 23.4. The Morgan fingerprint density at radius 3 is 2.45 bits per heavy atom. The predicted molar refractivity (Wildman–Crippen MR) is 175 cm³/mol. The fourth-order valence-corrected chi connectivity index (χ4v) is 12.5. The third-order valence-corrected chi connectivity index (χ3v) is 13.8. The van der Waals surface area contributed by atoms with E-state index in [0.717, 1.165) is 6.42 Å². The molecule has 0 aromatic heterocycles. The molecule has 270 valence electrons. The maximum Gasteiger partial charge on any atom is 0.340 e. The number of likely N-dealkylation sites (N-methyl/N-ethyl adjacent to an activating group) is 1. The van der Waals surface area contributed by atoms with Gasteiger partial charge in [-0.2, -0.15) is 0 Å². The smallest absolute Gasteiger partial charge is 0.340 e. The Kier molecular flexibility index (Phi) is 8.69. The van der Waals surface area contributed by atoms with Crippen molar-refractivity contribution in [3.05, 3.63) is 29.8 Å². The molecule has 13 atom stereocenters. The second-order valence-corrected chi connectivity index (χ2v) is 15.3. The molecule has 7 bridgehead atoms. The molecule has 7 rings (SSSR count). The summed E-state index contributed by atoms with van der Waals surface area (Å²) in [5, 5.41) is 29.2. The van der Waals surface area contributed by atoms with Crippen LogP contribution in [0.1, 0.15) is 55.8 Å². The summed E-state index contributed by atoms with van der Waals surface area (Å²) in [4.78, 5) is 39.9. The normalized spacial score (nSPS) is 44.4. The van der Waals surface area contributed by atoms with E-state index in [1.54, 1.807) is 52.7 Å². The number of ether oxygens (including phenoxy) is 5. The molecule has 0 radical (unpaired) electrons. The van der Waals surface area contributed by atoms with Gasteiger partial charge in [-0.05, 0) is 43.9 Å². The van der Waals surface area contributed by atoms with Gasteiger partial charge in [0.25, 0.3) is 0 Å². The van der Waals surface area contributed by atoms with Crippen LogP contribution in [0.4, 0.5) is 5.69 Å². The number of piperidine rings is 1. The lowest BCUT2D eigenvalue weighted by Gasteiger charge is -2.70. The van der Waals surface area contributed by atoms with Crippen LogP contribution in [0.2, 0.25) is 0 Å². The molecule has 13 nitrogen and oxygen atoms in total. The number of carbonyl (C=O) groups is 3. The summed E-state index contributed by atoms with van der Waals surface area (Å²) >= 11 is 0. The number of benzene rings is 1. The van der Waals surface area contributed by atoms with Crippen LogP contribution in [0.15, 0.2) is 24.3 Å². The average Bonchev–Trinajstić information content (AvgIpc) is 3.51. The number of anilines is 1. The Morgan fingerprint density at radius 2 is 1.80 bits per heavy atom. The molecule has 13 heteroatoms. The highest BCUT2D eigenvalue weighted by Crippen LogP contribution is 2.80. The van der Waals surface area contributed by atoms with Crippen LogP contribution in [0.5, 0.6) is 0 Å². The zero-order chi connectivity index (χ0) is 35.1. The first-order valence-electron chi connectivity index (χ1n) is 17.6. The SMILES string of the molecule is CCN1C[C@]2(COC(=O)c3ccccc3NC(=O)CCC(N)=O)CC[C@H](OC)[C@@]34[C@@H]5C[C@@H]6[C@H](OC)[C@@H]5[C@](O)(C[C@@H]6OC)[C@](O)([C@@H](OC)[C@H]23)[C@@H]14. The Balaban J connectivity index is 1.29. The van der Waals surface area contributed by atoms with Crippen molar-refractivity contribution >= 4 is 23.5 Å². The number of likely N-dealkylation sites (tertiary alicyclic amines) is 1. The van der Waals surface area contributed by atoms with Gasteiger partial charge in [0, 0.05) is 82.8 Å². The number of aliphatic hydroxyl groups is 2. The van der Waals surface area contributed by atoms with Gasteiger partial charge in [-0.25, -0.2) is 4.79 Å². The number of para-hydroxylation sites is 1. The summed E-state index contributed by atoms with van der Waals surface area (Å²) in [6.07, 6.45) is 0.513. The van der Waals surface area contributed by atoms with Crippen LogP contribution in [-0.2, 0) is 33.3 Å². The van der Waals surface area contributed by atoms with E-state index < -0.39 is 52.0 Å². The van der Waals surface area contributed by atoms with E-state index in [-0.39, 0.29) is 79.1 Å². The Labute approximate surface area is 287 Å². The van der Waals surface area contributed by atoms with E-state index in [1.165, 1.54) is 0 Å². The number of primary amides is 1. The summed E-state index contributed by atoms with van der Waals surface area (Å²) in [6.45, 7) is 3.25. The monoisotopic (exact) mass is 685 g/mol. The third kappa shape index (κ3) is 4.45. The molecule has 5 saturated carbocycles. The van der Waals surface area contributed by atoms with E-state index in [4.69, 9.17) is 29.4 Å². The molecule has 1 aromatic carbocycles. The standard InChI is InChI=1S/C36H51N3O10/c1-6-39-17-33(18-49-31(42)19-9-7-8-10-22(19)38-26(41)12-11-25(37)40)14-13-24(46-3)35-21-15-20-23(45-2)16-34(43,27(21)28(20)47-4)36(44,32(35)39)30(48-5)29(33)35/h7-10,20-21,23-24,27-30,32,43-44H,6,11-18H2,1-5H3,(H2,37,40)(H,38,41)/t20-,21+,23-,24-,27+,28-,29+,30-,32-,33-,34+,35-,36-/m0/s1. The van der Waals surface area contributed by atoms with E-state index in [2.05, 4.69) is 17.1 Å². The largest absolute Gasteiger partial charge is 0.461 e. The number of nitrogens with two attached hydrogens (primary N) is 1. The van der Waals surface area contributed by atoms with Gasteiger partial charge in [0.05, 0.1) is 48.3 Å². The van der Waals surface area contributed by atoms with E-state index in [1.807, 2.05) is 0 Å². The number of carbonyl (C=O) groups excluding carboxylic acids is 3. The van der Waals surface area contributed by atoms with Crippen molar-refractivity contribution in [2.24, 2.45) is 40.2 Å². The molecule has 2 amide bonds. The van der Waals surface area contributed by atoms with Crippen molar-refractivity contribution in [1.82, 2.24) is 4.90 Å². The molecule has 5 N–H and O–H groups in total. The number of fused-ring (bicyclic) bond motifs is 2. The van der Waals surface area contributed by atoms with Crippen molar-refractivity contribution in [1.29, 1.82) is 0 Å². The summed E-state index contributed by atoms with van der Waals surface area (Å²) in [7, 11) is 6.68. The minimum atomic E-state index is -1.69. The molecule has 0 unspecified atom stereocenters. The van der Waals surface area contributed by atoms with Gasteiger partial charge in [-0.3, -0.25) is 14.5 Å². The van der Waals surface area contributed by atoms with Crippen LogP contribution in [-0.4, -0.2) is 123 Å². The van der Waals surface area contributed by atoms with E-state index in [0.29, 0.717) is 25.9 Å². The molecule has 1 saturated heterocycles. The molecule has 1 aromatic rings. The van der Waals surface area contributed by atoms with Crippen LogP contribution in [0.25, 0.3) is 0 Å². The summed E-state index contributed by atoms with van der Waals surface area (Å²) < 4.78 is 31.3. The zero-order valence-electron chi connectivity index (χ0n) is 29.1. The quantitative estimate of drug-likeness (QED) is 0.233. The van der Waals surface area contributed by atoms with Crippen molar-refractivity contribution in [2.45, 2.75) is 87.1 Å². The first kappa shape index (κ1) is 34.8. The van der Waals surface area contributed by atoms with Crippen molar-refractivity contribution in [3.8, 4) is 0 Å². The minimum Gasteiger partial charge on any atom is -0.461 e. The Hall–Kier alpha value is -2.65. The highest BCUT2D eigenvalue weighted by atomic mass is 16.5. The number of hydrogen-bond acceptors (Lipinski definition) is 11. The van der Waals surface area contributed by atoms with Gasteiger partial charge >= 0.3 is 5.97 Å². The molecule has 5 aliphatic carbocycles. The Morgan fingerprint density at radius 1 is 1.04 bits per heavy atom. The number of rotatable bonds is 12. The maximum atomic E-state index is 13.9. The fourth-order valence-electron chi connectivity index (χ4n) is 12.5. The van der Waals surface area contributed by atoms with Gasteiger partial charge in [-0.1, -0.05) is 19.1 Å². The van der Waals surface area contributed by atoms with Crippen molar-refractivity contribution in [2.75, 3.05) is 53.5 Å².